The molecule has 1 aromatic rings. The van der Waals surface area contributed by atoms with Gasteiger partial charge in [0.2, 0.25) is 5.91 Å². The van der Waals surface area contributed by atoms with E-state index in [9.17, 15) is 9.59 Å². The Kier molecular flexibility index (Phi) is 3.80. The fraction of sp³-hybridized carbons (Fsp3) is 0.688. The third-order valence-corrected chi connectivity index (χ3v) is 4.98. The van der Waals surface area contributed by atoms with Crippen molar-refractivity contribution in [2.45, 2.75) is 37.6 Å². The molecule has 3 fully saturated rings. The van der Waals surface area contributed by atoms with Gasteiger partial charge in [0.25, 0.3) is 5.91 Å². The number of hydrogen-bond donors (Lipinski definition) is 1. The smallest absolute Gasteiger partial charge is 0.276 e. The van der Waals surface area contributed by atoms with Crippen molar-refractivity contribution in [3.05, 3.63) is 17.5 Å². The third kappa shape index (κ3) is 2.97. The number of likely N-dealkylation sites (tertiary alicyclic amines) is 1. The second-order valence-corrected chi connectivity index (χ2v) is 6.70. The predicted octanol–water partition coefficient (Wildman–Crippen LogP) is 0.588. The van der Waals surface area contributed by atoms with Crippen LogP contribution in [0.4, 0.5) is 0 Å². The van der Waals surface area contributed by atoms with Crippen molar-refractivity contribution in [1.29, 1.82) is 0 Å². The van der Waals surface area contributed by atoms with Crippen LogP contribution in [0, 0.1) is 0 Å². The van der Waals surface area contributed by atoms with Gasteiger partial charge in [0.05, 0.1) is 6.54 Å². The van der Waals surface area contributed by atoms with Gasteiger partial charge < -0.3 is 19.6 Å². The van der Waals surface area contributed by atoms with E-state index in [1.54, 1.807) is 6.07 Å². The molecule has 3 aliphatic rings. The van der Waals surface area contributed by atoms with Crippen molar-refractivity contribution >= 4 is 11.8 Å². The minimum Gasteiger partial charge on any atom is -0.360 e. The molecule has 3 heterocycles. The summed E-state index contributed by atoms with van der Waals surface area (Å²) in [6.45, 7) is 3.27. The molecule has 7 nitrogen and oxygen atoms in total. The molecular formula is C16H22N4O3. The monoisotopic (exact) mass is 318 g/mol. The number of aromatic nitrogens is 1. The number of amides is 2. The Bertz CT molecular complexity index is 610. The van der Waals surface area contributed by atoms with E-state index in [2.05, 4.69) is 10.5 Å². The summed E-state index contributed by atoms with van der Waals surface area (Å²) < 4.78 is 5.29. The Hall–Kier alpha value is -1.89. The van der Waals surface area contributed by atoms with E-state index in [0.717, 1.165) is 51.1 Å². The highest BCUT2D eigenvalue weighted by molar-refractivity contribution is 5.92. The molecule has 2 saturated heterocycles. The fourth-order valence-electron chi connectivity index (χ4n) is 3.51. The highest BCUT2D eigenvalue weighted by Gasteiger charge is 2.34. The van der Waals surface area contributed by atoms with Gasteiger partial charge in [-0.15, -0.1) is 0 Å². The molecule has 0 aromatic carbocycles. The standard InChI is InChI=1S/C16H22N4O3/c21-15-9-17-5-7-20(15)12-2-1-6-19(10-12)16(22)13-8-14(23-18-13)11-3-4-11/h8,11-12,17H,1-7,9-10H2/t12-/m1/s1. The molecule has 1 aromatic heterocycles. The van der Waals surface area contributed by atoms with Crippen LogP contribution in [0.3, 0.4) is 0 Å². The van der Waals surface area contributed by atoms with Crippen molar-refractivity contribution in [1.82, 2.24) is 20.3 Å². The summed E-state index contributed by atoms with van der Waals surface area (Å²) in [5, 5.41) is 7.04. The van der Waals surface area contributed by atoms with Crippen LogP contribution in [0.2, 0.25) is 0 Å². The third-order valence-electron chi connectivity index (χ3n) is 4.98. The molecule has 0 bridgehead atoms. The molecule has 23 heavy (non-hydrogen) atoms. The molecular weight excluding hydrogens is 296 g/mol. The first kappa shape index (κ1) is 14.7. The van der Waals surface area contributed by atoms with Gasteiger partial charge in [0.15, 0.2) is 5.69 Å². The topological polar surface area (TPSA) is 78.7 Å². The molecule has 1 aliphatic carbocycles. The molecule has 1 N–H and O–H groups in total. The quantitative estimate of drug-likeness (QED) is 0.882. The molecule has 124 valence electrons. The Morgan fingerprint density at radius 3 is 2.96 bits per heavy atom. The normalized spacial score (nSPS) is 25.7. The van der Waals surface area contributed by atoms with Crippen LogP contribution < -0.4 is 5.32 Å². The molecule has 1 saturated carbocycles. The van der Waals surface area contributed by atoms with Crippen molar-refractivity contribution in [2.24, 2.45) is 0 Å². The van der Waals surface area contributed by atoms with Crippen molar-refractivity contribution in [3.8, 4) is 0 Å². The molecule has 2 aliphatic heterocycles. The second kappa shape index (κ2) is 5.96. The molecule has 2 amide bonds. The first-order chi connectivity index (χ1) is 11.2. The summed E-state index contributed by atoms with van der Waals surface area (Å²) >= 11 is 0. The van der Waals surface area contributed by atoms with Crippen molar-refractivity contribution in [2.75, 3.05) is 32.7 Å². The van der Waals surface area contributed by atoms with E-state index in [0.29, 0.717) is 24.7 Å². The predicted molar refractivity (Wildman–Crippen MR) is 82.0 cm³/mol. The zero-order chi connectivity index (χ0) is 15.8. The number of carbonyl (C=O) groups is 2. The van der Waals surface area contributed by atoms with Gasteiger partial charge in [0, 0.05) is 44.2 Å². The first-order valence-electron chi connectivity index (χ1n) is 8.48. The summed E-state index contributed by atoms with van der Waals surface area (Å²) in [6.07, 6.45) is 4.13. The minimum absolute atomic E-state index is 0.0760. The summed E-state index contributed by atoms with van der Waals surface area (Å²) in [4.78, 5) is 28.5. The van der Waals surface area contributed by atoms with Gasteiger partial charge in [-0.25, -0.2) is 0 Å². The van der Waals surface area contributed by atoms with E-state index in [-0.39, 0.29) is 17.9 Å². The molecule has 7 heteroatoms. The summed E-state index contributed by atoms with van der Waals surface area (Å²) in [5.41, 5.74) is 0.402. The Morgan fingerprint density at radius 2 is 2.17 bits per heavy atom. The number of piperazine rings is 1. The Morgan fingerprint density at radius 1 is 1.30 bits per heavy atom. The average Bonchev–Trinajstić information content (AvgIpc) is 3.32. The highest BCUT2D eigenvalue weighted by atomic mass is 16.5. The van der Waals surface area contributed by atoms with Crippen LogP contribution in [-0.4, -0.2) is 65.5 Å². The SMILES string of the molecule is O=C(c1cc(C2CC2)on1)N1CCC[C@@H](N2CCNCC2=O)C1. The van der Waals surface area contributed by atoms with Gasteiger partial charge >= 0.3 is 0 Å². The Labute approximate surface area is 135 Å². The van der Waals surface area contributed by atoms with E-state index >= 15 is 0 Å². The molecule has 4 rings (SSSR count). The lowest BCUT2D eigenvalue weighted by Gasteiger charge is -2.40. The van der Waals surface area contributed by atoms with Crippen LogP contribution in [0.25, 0.3) is 0 Å². The Balaban J connectivity index is 1.43. The summed E-state index contributed by atoms with van der Waals surface area (Å²) in [6, 6.07) is 1.91. The largest absolute Gasteiger partial charge is 0.360 e. The van der Waals surface area contributed by atoms with Crippen molar-refractivity contribution in [3.63, 3.8) is 0 Å². The number of carbonyl (C=O) groups excluding carboxylic acids is 2. The van der Waals surface area contributed by atoms with Crippen LogP contribution in [0.15, 0.2) is 10.6 Å². The maximum atomic E-state index is 12.7. The van der Waals surface area contributed by atoms with Gasteiger partial charge in [-0.3, -0.25) is 9.59 Å². The first-order valence-corrected chi connectivity index (χ1v) is 8.48. The molecule has 0 unspecified atom stereocenters. The summed E-state index contributed by atoms with van der Waals surface area (Å²) in [5.74, 6) is 1.34. The molecule has 0 spiro atoms. The zero-order valence-corrected chi connectivity index (χ0v) is 13.2. The molecule has 1 atom stereocenters. The zero-order valence-electron chi connectivity index (χ0n) is 13.2. The van der Waals surface area contributed by atoms with Gasteiger partial charge in [0.1, 0.15) is 5.76 Å². The molecule has 0 radical (unpaired) electrons. The lowest BCUT2D eigenvalue weighted by atomic mass is 10.0. The van der Waals surface area contributed by atoms with Crippen LogP contribution in [-0.2, 0) is 4.79 Å². The lowest BCUT2D eigenvalue weighted by molar-refractivity contribution is -0.135. The lowest BCUT2D eigenvalue weighted by Crippen LogP contribution is -2.57. The van der Waals surface area contributed by atoms with E-state index in [1.165, 1.54) is 0 Å². The van der Waals surface area contributed by atoms with Gasteiger partial charge in [-0.2, -0.15) is 0 Å². The average molecular weight is 318 g/mol. The van der Waals surface area contributed by atoms with Crippen molar-refractivity contribution < 1.29 is 14.1 Å². The maximum absolute atomic E-state index is 12.7. The number of piperidine rings is 1. The minimum atomic E-state index is -0.0760. The number of rotatable bonds is 3. The highest BCUT2D eigenvalue weighted by Crippen LogP contribution is 2.40. The second-order valence-electron chi connectivity index (χ2n) is 6.70. The maximum Gasteiger partial charge on any atom is 0.276 e. The van der Waals surface area contributed by atoms with E-state index in [4.69, 9.17) is 4.52 Å². The van der Waals surface area contributed by atoms with Crippen LogP contribution >= 0.6 is 0 Å². The number of hydrogen-bond acceptors (Lipinski definition) is 5. The summed E-state index contributed by atoms with van der Waals surface area (Å²) in [7, 11) is 0. The van der Waals surface area contributed by atoms with E-state index < -0.39 is 0 Å². The van der Waals surface area contributed by atoms with E-state index in [1.807, 2.05) is 9.80 Å². The van der Waals surface area contributed by atoms with Gasteiger partial charge in [-0.1, -0.05) is 5.16 Å². The van der Waals surface area contributed by atoms with Crippen LogP contribution in [0.5, 0.6) is 0 Å². The number of nitrogens with zero attached hydrogens (tertiary/aromatic N) is 3. The van der Waals surface area contributed by atoms with Gasteiger partial charge in [-0.05, 0) is 25.7 Å². The number of nitrogens with one attached hydrogen (secondary N) is 1. The fourth-order valence-corrected chi connectivity index (χ4v) is 3.51. The van der Waals surface area contributed by atoms with Crippen LogP contribution in [0.1, 0.15) is 47.8 Å².